The van der Waals surface area contributed by atoms with Crippen LogP contribution in [-0.4, -0.2) is 31.9 Å². The summed E-state index contributed by atoms with van der Waals surface area (Å²) in [6.07, 6.45) is -2.94. The zero-order valence-electron chi connectivity index (χ0n) is 15.5. The van der Waals surface area contributed by atoms with E-state index in [-0.39, 0.29) is 17.4 Å². The Bertz CT molecular complexity index is 999. The Kier molecular flexibility index (Phi) is 6.50. The number of ether oxygens (including phenoxy) is 1. The first-order chi connectivity index (χ1) is 14.3. The molecule has 2 heterocycles. The number of hydrogen-bond acceptors (Lipinski definition) is 7. The fraction of sp³-hybridized carbons (Fsp3) is 0.211. The molecule has 0 radical (unpaired) electrons. The molecule has 3 rings (SSSR count). The first-order valence-corrected chi connectivity index (χ1v) is 9.08. The van der Waals surface area contributed by atoms with Gasteiger partial charge in [0, 0.05) is 11.6 Å². The monoisotopic (exact) mass is 437 g/mol. The van der Waals surface area contributed by atoms with Crippen molar-refractivity contribution < 1.29 is 22.3 Å². The van der Waals surface area contributed by atoms with Crippen LogP contribution < -0.4 is 5.32 Å². The molecule has 0 aliphatic heterocycles. The van der Waals surface area contributed by atoms with Gasteiger partial charge in [-0.3, -0.25) is 4.98 Å². The Labute approximate surface area is 174 Å². The van der Waals surface area contributed by atoms with Gasteiger partial charge in [0.2, 0.25) is 6.10 Å². The Morgan fingerprint density at radius 2 is 1.83 bits per heavy atom. The van der Waals surface area contributed by atoms with Crippen LogP contribution in [0.25, 0.3) is 11.3 Å². The van der Waals surface area contributed by atoms with E-state index in [2.05, 4.69) is 42.4 Å². The van der Waals surface area contributed by atoms with Gasteiger partial charge in [-0.05, 0) is 42.9 Å². The quantitative estimate of drug-likeness (QED) is 0.420. The van der Waals surface area contributed by atoms with E-state index in [4.69, 9.17) is 0 Å². The lowest BCUT2D eigenvalue weighted by atomic mass is 10.1. The lowest BCUT2D eigenvalue weighted by molar-refractivity contribution is -0.200. The third kappa shape index (κ3) is 5.23. The topological polar surface area (TPSA) is 72.8 Å². The van der Waals surface area contributed by atoms with Crippen LogP contribution in [0.5, 0.6) is 0 Å². The van der Waals surface area contributed by atoms with Crippen molar-refractivity contribution in [3.8, 4) is 11.3 Å². The maximum atomic E-state index is 13.1. The first kappa shape index (κ1) is 21.5. The van der Waals surface area contributed by atoms with Crippen LogP contribution >= 0.6 is 12.2 Å². The third-order valence-corrected chi connectivity index (χ3v) is 4.22. The standard InChI is InChI=1S/C19H15F4N5OS/c1-11(12-2-4-14(20)5-3-12)27-17-9-24-16(8-25-17)13-6-15(28-26-7-13)18(29-10-30)19(21,22)23/h2-11,18H,1H3,(H,25,27)/t11-,18?/m1/s1. The number of benzene rings is 1. The number of anilines is 1. The van der Waals surface area contributed by atoms with Crippen molar-refractivity contribution in [3.63, 3.8) is 0 Å². The molecule has 0 fully saturated rings. The molecule has 0 spiro atoms. The summed E-state index contributed by atoms with van der Waals surface area (Å²) in [6.45, 7) is 1.87. The van der Waals surface area contributed by atoms with Crippen LogP contribution in [0.1, 0.15) is 30.3 Å². The van der Waals surface area contributed by atoms with E-state index >= 15 is 0 Å². The number of rotatable bonds is 7. The highest BCUT2D eigenvalue weighted by atomic mass is 32.1. The van der Waals surface area contributed by atoms with Crippen molar-refractivity contribution in [2.45, 2.75) is 25.2 Å². The molecule has 6 nitrogen and oxygen atoms in total. The van der Waals surface area contributed by atoms with Gasteiger partial charge < -0.3 is 10.1 Å². The number of nitrogens with zero attached hydrogens (tertiary/aromatic N) is 4. The molecule has 1 unspecified atom stereocenters. The SMILES string of the molecule is C[C@@H](Nc1cnc(-c2cnnc(C(OC=S)C(F)(F)F)c2)cn1)c1ccc(F)cc1. The van der Waals surface area contributed by atoms with E-state index in [0.717, 1.165) is 5.56 Å². The Hall–Kier alpha value is -3.21. The molecular formula is C19H15F4N5OS. The zero-order chi connectivity index (χ0) is 21.7. The molecule has 0 saturated carbocycles. The van der Waals surface area contributed by atoms with Crippen LogP contribution in [0, 0.1) is 5.82 Å². The first-order valence-electron chi connectivity index (χ1n) is 8.61. The minimum Gasteiger partial charge on any atom is -0.471 e. The second kappa shape index (κ2) is 9.08. The van der Waals surface area contributed by atoms with Gasteiger partial charge in [-0.2, -0.15) is 23.4 Å². The summed E-state index contributed by atoms with van der Waals surface area (Å²) in [5.74, 6) is 0.110. The molecule has 0 aliphatic rings. The summed E-state index contributed by atoms with van der Waals surface area (Å²) >= 11 is 4.37. The van der Waals surface area contributed by atoms with Crippen molar-refractivity contribution in [1.82, 2.24) is 20.2 Å². The third-order valence-electron chi connectivity index (χ3n) is 4.11. The van der Waals surface area contributed by atoms with Crippen molar-refractivity contribution in [1.29, 1.82) is 0 Å². The smallest absolute Gasteiger partial charge is 0.431 e. The summed E-state index contributed by atoms with van der Waals surface area (Å²) < 4.78 is 57.0. The van der Waals surface area contributed by atoms with E-state index < -0.39 is 18.0 Å². The summed E-state index contributed by atoms with van der Waals surface area (Å²) in [7, 11) is 0. The normalized spacial score (nSPS) is 13.4. The van der Waals surface area contributed by atoms with Gasteiger partial charge >= 0.3 is 6.18 Å². The second-order valence-corrected chi connectivity index (χ2v) is 6.42. The Morgan fingerprint density at radius 1 is 1.10 bits per heavy atom. The summed E-state index contributed by atoms with van der Waals surface area (Å²) in [6, 6.07) is 7.02. The van der Waals surface area contributed by atoms with E-state index in [9.17, 15) is 17.6 Å². The highest BCUT2D eigenvalue weighted by molar-refractivity contribution is 7.78. The number of halogens is 4. The maximum Gasteiger partial charge on any atom is 0.431 e. The van der Waals surface area contributed by atoms with Gasteiger partial charge in [0.15, 0.2) is 0 Å². The fourth-order valence-corrected chi connectivity index (χ4v) is 2.74. The summed E-state index contributed by atoms with van der Waals surface area (Å²) in [4.78, 5) is 8.44. The lowest BCUT2D eigenvalue weighted by Crippen LogP contribution is -2.24. The highest BCUT2D eigenvalue weighted by Crippen LogP contribution is 2.35. The van der Waals surface area contributed by atoms with E-state index in [1.165, 1.54) is 36.8 Å². The van der Waals surface area contributed by atoms with Crippen LogP contribution in [-0.2, 0) is 4.74 Å². The Morgan fingerprint density at radius 3 is 2.43 bits per heavy atom. The van der Waals surface area contributed by atoms with Gasteiger partial charge in [-0.25, -0.2) is 9.37 Å². The van der Waals surface area contributed by atoms with E-state index in [1.807, 2.05) is 6.92 Å². The lowest BCUT2D eigenvalue weighted by Gasteiger charge is -2.18. The molecule has 0 saturated heterocycles. The van der Waals surface area contributed by atoms with E-state index in [1.54, 1.807) is 12.1 Å². The molecule has 11 heteroatoms. The minimum absolute atomic E-state index is 0.167. The summed E-state index contributed by atoms with van der Waals surface area (Å²) in [5.41, 5.74) is 1.52. The number of nitrogens with one attached hydrogen (secondary N) is 1. The van der Waals surface area contributed by atoms with Gasteiger partial charge in [-0.1, -0.05) is 12.1 Å². The van der Waals surface area contributed by atoms with Crippen LogP contribution in [0.15, 0.2) is 48.9 Å². The molecule has 2 aromatic heterocycles. The number of alkyl halides is 3. The zero-order valence-corrected chi connectivity index (χ0v) is 16.3. The molecule has 156 valence electrons. The average molecular weight is 437 g/mol. The average Bonchev–Trinajstić information content (AvgIpc) is 2.72. The molecule has 30 heavy (non-hydrogen) atoms. The predicted octanol–water partition coefficient (Wildman–Crippen LogP) is 4.82. The number of thiocarbonyl (C=S) groups is 1. The Balaban J connectivity index is 1.77. The maximum absolute atomic E-state index is 13.1. The number of hydrogen-bond donors (Lipinski definition) is 1. The van der Waals surface area contributed by atoms with Gasteiger partial charge in [0.05, 0.1) is 24.3 Å². The molecule has 1 aromatic carbocycles. The van der Waals surface area contributed by atoms with Crippen LogP contribution in [0.3, 0.4) is 0 Å². The fourth-order valence-electron chi connectivity index (χ4n) is 2.63. The number of aromatic nitrogens is 4. The van der Waals surface area contributed by atoms with E-state index in [0.29, 0.717) is 17.1 Å². The molecule has 2 atom stereocenters. The second-order valence-electron chi connectivity index (χ2n) is 6.23. The summed E-state index contributed by atoms with van der Waals surface area (Å²) in [5, 5.41) is 10.2. The molecular weight excluding hydrogens is 422 g/mol. The molecule has 0 aliphatic carbocycles. The predicted molar refractivity (Wildman–Crippen MR) is 105 cm³/mol. The van der Waals surface area contributed by atoms with Crippen LogP contribution in [0.2, 0.25) is 0 Å². The van der Waals surface area contributed by atoms with Crippen LogP contribution in [0.4, 0.5) is 23.4 Å². The van der Waals surface area contributed by atoms with Crippen molar-refractivity contribution in [2.75, 3.05) is 5.32 Å². The van der Waals surface area contributed by atoms with Crippen molar-refractivity contribution in [3.05, 3.63) is 66.0 Å². The molecule has 0 bridgehead atoms. The minimum atomic E-state index is -4.71. The van der Waals surface area contributed by atoms with Gasteiger partial charge in [0.25, 0.3) is 0 Å². The van der Waals surface area contributed by atoms with Crippen molar-refractivity contribution >= 4 is 23.6 Å². The molecule has 1 N–H and O–H groups in total. The molecule has 3 aromatic rings. The van der Waals surface area contributed by atoms with Gasteiger partial charge in [0.1, 0.15) is 22.9 Å². The van der Waals surface area contributed by atoms with Gasteiger partial charge in [-0.15, -0.1) is 0 Å². The largest absolute Gasteiger partial charge is 0.471 e. The van der Waals surface area contributed by atoms with Crippen molar-refractivity contribution in [2.24, 2.45) is 0 Å². The molecule has 0 amide bonds. The highest BCUT2D eigenvalue weighted by Gasteiger charge is 2.44.